The van der Waals surface area contributed by atoms with Gasteiger partial charge in [-0.15, -0.1) is 0 Å². The highest BCUT2D eigenvalue weighted by atomic mass is 32.1. The van der Waals surface area contributed by atoms with Crippen molar-refractivity contribution in [1.82, 2.24) is 10.3 Å². The summed E-state index contributed by atoms with van der Waals surface area (Å²) in [5, 5.41) is 4.48. The summed E-state index contributed by atoms with van der Waals surface area (Å²) in [6, 6.07) is 0.436. The highest BCUT2D eigenvalue weighted by Crippen LogP contribution is 2.38. The predicted molar refractivity (Wildman–Crippen MR) is 63.0 cm³/mol. The molecule has 1 aromatic rings. The molecule has 4 nitrogen and oxygen atoms in total. The Kier molecular flexibility index (Phi) is 3.11. The van der Waals surface area contributed by atoms with E-state index in [4.69, 9.17) is 4.74 Å². The van der Waals surface area contributed by atoms with E-state index in [9.17, 15) is 0 Å². The van der Waals surface area contributed by atoms with Crippen LogP contribution in [-0.2, 0) is 0 Å². The van der Waals surface area contributed by atoms with Crippen molar-refractivity contribution in [2.75, 3.05) is 32.6 Å². The van der Waals surface area contributed by atoms with E-state index in [1.165, 1.54) is 17.7 Å². The van der Waals surface area contributed by atoms with E-state index in [0.717, 1.165) is 17.6 Å². The first-order chi connectivity index (χ1) is 7.22. The number of anilines is 1. The number of nitrogens with zero attached hydrogens (tertiary/aromatic N) is 2. The summed E-state index contributed by atoms with van der Waals surface area (Å²) < 4.78 is 5.32. The van der Waals surface area contributed by atoms with Crippen LogP contribution in [0.25, 0.3) is 0 Å². The van der Waals surface area contributed by atoms with Crippen LogP contribution in [0.1, 0.15) is 23.8 Å². The SMILES string of the molecule is COc1nc(N(C)C)sc1C1CCCN1. The Labute approximate surface area is 94.3 Å². The van der Waals surface area contributed by atoms with E-state index in [0.29, 0.717) is 6.04 Å². The standard InChI is InChI=1S/C10H17N3OS/c1-13(2)10-12-9(14-3)8(15-10)7-5-4-6-11-7/h7,11H,4-6H2,1-3H3. The lowest BCUT2D eigenvalue weighted by atomic mass is 10.2. The molecule has 1 aromatic heterocycles. The summed E-state index contributed by atoms with van der Waals surface area (Å²) in [6.07, 6.45) is 2.43. The van der Waals surface area contributed by atoms with Crippen LogP contribution in [0.3, 0.4) is 0 Å². The maximum absolute atomic E-state index is 5.32. The number of rotatable bonds is 3. The lowest BCUT2D eigenvalue weighted by molar-refractivity contribution is 0.391. The van der Waals surface area contributed by atoms with Crippen LogP contribution < -0.4 is 15.0 Å². The zero-order valence-corrected chi connectivity index (χ0v) is 10.2. The normalized spacial score (nSPS) is 20.6. The van der Waals surface area contributed by atoms with E-state index in [2.05, 4.69) is 10.3 Å². The third kappa shape index (κ3) is 2.08. The summed E-state index contributed by atoms with van der Waals surface area (Å²) in [5.74, 6) is 0.781. The molecule has 1 fully saturated rings. The van der Waals surface area contributed by atoms with Gasteiger partial charge in [-0.3, -0.25) is 0 Å². The molecule has 1 aliphatic heterocycles. The molecular weight excluding hydrogens is 210 g/mol. The van der Waals surface area contributed by atoms with Crippen LogP contribution in [0, 0.1) is 0 Å². The number of methoxy groups -OCH3 is 1. The van der Waals surface area contributed by atoms with Crippen molar-refractivity contribution in [3.63, 3.8) is 0 Å². The minimum Gasteiger partial charge on any atom is -0.480 e. The number of hydrogen-bond acceptors (Lipinski definition) is 5. The summed E-state index contributed by atoms with van der Waals surface area (Å²) in [6.45, 7) is 1.10. The Morgan fingerprint density at radius 2 is 2.33 bits per heavy atom. The van der Waals surface area contributed by atoms with Crippen LogP contribution in [0.4, 0.5) is 5.13 Å². The molecule has 1 saturated heterocycles. The average Bonchev–Trinajstić information content (AvgIpc) is 2.86. The number of thiazole rings is 1. The molecule has 0 aliphatic carbocycles. The zero-order chi connectivity index (χ0) is 10.8. The molecule has 0 amide bonds. The first-order valence-electron chi connectivity index (χ1n) is 5.18. The molecule has 15 heavy (non-hydrogen) atoms. The van der Waals surface area contributed by atoms with Gasteiger partial charge in [0.1, 0.15) is 0 Å². The van der Waals surface area contributed by atoms with Crippen LogP contribution in [0.5, 0.6) is 5.88 Å². The third-order valence-corrected chi connectivity index (χ3v) is 3.88. The molecule has 5 heteroatoms. The van der Waals surface area contributed by atoms with Crippen molar-refractivity contribution < 1.29 is 4.74 Å². The molecule has 0 radical (unpaired) electrons. The topological polar surface area (TPSA) is 37.4 Å². The summed E-state index contributed by atoms with van der Waals surface area (Å²) >= 11 is 1.72. The molecular formula is C10H17N3OS. The fourth-order valence-electron chi connectivity index (χ4n) is 1.77. The van der Waals surface area contributed by atoms with Gasteiger partial charge < -0.3 is 15.0 Å². The van der Waals surface area contributed by atoms with Crippen LogP contribution >= 0.6 is 11.3 Å². The molecule has 0 spiro atoms. The van der Waals surface area contributed by atoms with Gasteiger partial charge in [0.2, 0.25) is 5.88 Å². The highest BCUT2D eigenvalue weighted by Gasteiger charge is 2.24. The van der Waals surface area contributed by atoms with E-state index < -0.39 is 0 Å². The third-order valence-electron chi connectivity index (χ3n) is 2.56. The molecule has 0 aromatic carbocycles. The quantitative estimate of drug-likeness (QED) is 0.852. The van der Waals surface area contributed by atoms with Crippen molar-refractivity contribution in [2.24, 2.45) is 0 Å². The second kappa shape index (κ2) is 4.37. The number of ether oxygens (including phenoxy) is 1. The van der Waals surface area contributed by atoms with Crippen LogP contribution in [-0.4, -0.2) is 32.7 Å². The molecule has 2 rings (SSSR count). The minimum absolute atomic E-state index is 0.436. The Bertz CT molecular complexity index is 331. The fraction of sp³-hybridized carbons (Fsp3) is 0.700. The summed E-state index contributed by atoms with van der Waals surface area (Å²) in [4.78, 5) is 7.71. The fourth-order valence-corrected chi connectivity index (χ4v) is 2.84. The van der Waals surface area contributed by atoms with E-state index in [1.54, 1.807) is 18.4 Å². The van der Waals surface area contributed by atoms with Gasteiger partial charge in [-0.2, -0.15) is 4.98 Å². The van der Waals surface area contributed by atoms with Gasteiger partial charge in [0.15, 0.2) is 5.13 Å². The first-order valence-corrected chi connectivity index (χ1v) is 5.99. The Balaban J connectivity index is 2.27. The smallest absolute Gasteiger partial charge is 0.231 e. The molecule has 2 heterocycles. The van der Waals surface area contributed by atoms with Gasteiger partial charge >= 0.3 is 0 Å². The molecule has 0 saturated carbocycles. The van der Waals surface area contributed by atoms with Gasteiger partial charge in [0, 0.05) is 20.1 Å². The molecule has 1 N–H and O–H groups in total. The first kappa shape index (κ1) is 10.7. The largest absolute Gasteiger partial charge is 0.480 e. The second-order valence-electron chi connectivity index (χ2n) is 3.91. The van der Waals surface area contributed by atoms with Crippen molar-refractivity contribution in [1.29, 1.82) is 0 Å². The van der Waals surface area contributed by atoms with E-state index >= 15 is 0 Å². The summed E-state index contributed by atoms with van der Waals surface area (Å²) in [5.41, 5.74) is 0. The molecule has 84 valence electrons. The number of hydrogen-bond donors (Lipinski definition) is 1. The highest BCUT2D eigenvalue weighted by molar-refractivity contribution is 7.16. The Morgan fingerprint density at radius 3 is 2.87 bits per heavy atom. The maximum Gasteiger partial charge on any atom is 0.231 e. The van der Waals surface area contributed by atoms with Gasteiger partial charge in [0.25, 0.3) is 0 Å². The van der Waals surface area contributed by atoms with Crippen molar-refractivity contribution in [3.8, 4) is 5.88 Å². The van der Waals surface area contributed by atoms with Crippen molar-refractivity contribution in [3.05, 3.63) is 4.88 Å². The van der Waals surface area contributed by atoms with E-state index in [-0.39, 0.29) is 0 Å². The van der Waals surface area contributed by atoms with Crippen LogP contribution in [0.15, 0.2) is 0 Å². The Hall–Kier alpha value is -0.810. The molecule has 1 atom stereocenters. The molecule has 1 unspecified atom stereocenters. The zero-order valence-electron chi connectivity index (χ0n) is 9.41. The average molecular weight is 227 g/mol. The number of nitrogens with one attached hydrogen (secondary N) is 1. The van der Waals surface area contributed by atoms with Crippen molar-refractivity contribution >= 4 is 16.5 Å². The number of aromatic nitrogens is 1. The lowest BCUT2D eigenvalue weighted by Gasteiger charge is -2.08. The monoisotopic (exact) mass is 227 g/mol. The predicted octanol–water partition coefficient (Wildman–Crippen LogP) is 1.64. The summed E-state index contributed by atoms with van der Waals surface area (Å²) in [7, 11) is 5.70. The van der Waals surface area contributed by atoms with Crippen molar-refractivity contribution in [2.45, 2.75) is 18.9 Å². The van der Waals surface area contributed by atoms with Gasteiger partial charge in [-0.05, 0) is 19.4 Å². The van der Waals surface area contributed by atoms with E-state index in [1.807, 2.05) is 19.0 Å². The van der Waals surface area contributed by atoms with Gasteiger partial charge in [-0.25, -0.2) is 0 Å². The Morgan fingerprint density at radius 1 is 1.53 bits per heavy atom. The van der Waals surface area contributed by atoms with Gasteiger partial charge in [0.05, 0.1) is 12.0 Å². The maximum atomic E-state index is 5.32. The minimum atomic E-state index is 0.436. The second-order valence-corrected chi connectivity index (χ2v) is 4.92. The molecule has 0 bridgehead atoms. The van der Waals surface area contributed by atoms with Crippen LogP contribution in [0.2, 0.25) is 0 Å². The lowest BCUT2D eigenvalue weighted by Crippen LogP contribution is -2.12. The molecule has 1 aliphatic rings. The van der Waals surface area contributed by atoms with Gasteiger partial charge in [-0.1, -0.05) is 11.3 Å².